The van der Waals surface area contributed by atoms with Crippen LogP contribution < -0.4 is 5.32 Å². The third-order valence-corrected chi connectivity index (χ3v) is 4.29. The Morgan fingerprint density at radius 3 is 2.68 bits per heavy atom. The van der Waals surface area contributed by atoms with Crippen molar-refractivity contribution in [2.45, 2.75) is 20.3 Å². The molecule has 2 atom stereocenters. The largest absolute Gasteiger partial charge is 0.302 e. The Balaban J connectivity index is 1.72. The fourth-order valence-electron chi connectivity index (χ4n) is 2.07. The molecule has 0 radical (unpaired) electrons. The molecular formula is C15H16N2OS. The molecule has 1 aromatic heterocycles. The molecule has 0 aliphatic heterocycles. The van der Waals surface area contributed by atoms with E-state index in [-0.39, 0.29) is 11.8 Å². The number of thiazole rings is 1. The highest BCUT2D eigenvalue weighted by molar-refractivity contribution is 7.14. The number of carbonyl (C=O) groups is 1. The first-order valence-corrected chi connectivity index (χ1v) is 7.35. The molecule has 3 nitrogen and oxygen atoms in total. The van der Waals surface area contributed by atoms with Gasteiger partial charge in [-0.25, -0.2) is 4.98 Å². The lowest BCUT2D eigenvalue weighted by molar-refractivity contribution is -0.117. The van der Waals surface area contributed by atoms with E-state index in [0.29, 0.717) is 11.0 Å². The molecule has 2 aromatic rings. The van der Waals surface area contributed by atoms with E-state index in [4.69, 9.17) is 0 Å². The summed E-state index contributed by atoms with van der Waals surface area (Å²) in [5.74, 6) is 0.820. The van der Waals surface area contributed by atoms with Crippen LogP contribution in [0.15, 0.2) is 29.6 Å². The van der Waals surface area contributed by atoms with Crippen LogP contribution in [-0.4, -0.2) is 10.9 Å². The summed E-state index contributed by atoms with van der Waals surface area (Å²) in [6.07, 6.45) is 1.00. The monoisotopic (exact) mass is 272 g/mol. The van der Waals surface area contributed by atoms with Crippen LogP contribution in [0.4, 0.5) is 5.13 Å². The smallest absolute Gasteiger partial charge is 0.229 e. The zero-order valence-corrected chi connectivity index (χ0v) is 11.8. The van der Waals surface area contributed by atoms with Crippen LogP contribution in [0.25, 0.3) is 11.3 Å². The van der Waals surface area contributed by atoms with Gasteiger partial charge in [0.1, 0.15) is 0 Å². The van der Waals surface area contributed by atoms with E-state index >= 15 is 0 Å². The van der Waals surface area contributed by atoms with Crippen molar-refractivity contribution in [3.05, 3.63) is 35.2 Å². The molecule has 1 aromatic carbocycles. The average Bonchev–Trinajstić information content (AvgIpc) is 2.95. The number of hydrogen-bond donors (Lipinski definition) is 1. The number of aromatic nitrogens is 1. The second-order valence-corrected chi connectivity index (χ2v) is 6.07. The maximum atomic E-state index is 11.8. The number of aryl methyl sites for hydroxylation is 1. The van der Waals surface area contributed by atoms with E-state index in [9.17, 15) is 4.79 Å². The number of anilines is 1. The maximum Gasteiger partial charge on any atom is 0.229 e. The topological polar surface area (TPSA) is 42.0 Å². The van der Waals surface area contributed by atoms with Crippen molar-refractivity contribution in [1.82, 2.24) is 4.98 Å². The minimum atomic E-state index is 0.109. The highest BCUT2D eigenvalue weighted by Gasteiger charge is 2.39. The van der Waals surface area contributed by atoms with Gasteiger partial charge < -0.3 is 5.32 Å². The predicted molar refractivity (Wildman–Crippen MR) is 78.2 cm³/mol. The number of amides is 1. The van der Waals surface area contributed by atoms with Crippen LogP contribution in [0.2, 0.25) is 0 Å². The molecule has 1 heterocycles. The van der Waals surface area contributed by atoms with E-state index in [1.54, 1.807) is 0 Å². The second-order valence-electron chi connectivity index (χ2n) is 5.21. The van der Waals surface area contributed by atoms with E-state index < -0.39 is 0 Å². The Hall–Kier alpha value is -1.68. The Morgan fingerprint density at radius 1 is 1.37 bits per heavy atom. The third kappa shape index (κ3) is 2.68. The van der Waals surface area contributed by atoms with Gasteiger partial charge in [-0.05, 0) is 19.3 Å². The van der Waals surface area contributed by atoms with Gasteiger partial charge in [0.15, 0.2) is 5.13 Å². The van der Waals surface area contributed by atoms with Gasteiger partial charge in [-0.2, -0.15) is 0 Å². The molecule has 19 heavy (non-hydrogen) atoms. The Morgan fingerprint density at radius 2 is 2.05 bits per heavy atom. The van der Waals surface area contributed by atoms with Gasteiger partial charge in [0.2, 0.25) is 5.91 Å². The lowest BCUT2D eigenvalue weighted by atomic mass is 10.1. The van der Waals surface area contributed by atoms with Crippen LogP contribution in [-0.2, 0) is 4.79 Å². The zero-order chi connectivity index (χ0) is 13.4. The number of nitrogens with zero attached hydrogens (tertiary/aromatic N) is 1. The maximum absolute atomic E-state index is 11.8. The lowest BCUT2D eigenvalue weighted by Crippen LogP contribution is -2.14. The molecule has 0 spiro atoms. The average molecular weight is 272 g/mol. The first-order valence-electron chi connectivity index (χ1n) is 6.47. The van der Waals surface area contributed by atoms with Crippen molar-refractivity contribution in [2.24, 2.45) is 11.8 Å². The van der Waals surface area contributed by atoms with Gasteiger partial charge in [-0.15, -0.1) is 11.3 Å². The molecule has 1 fully saturated rings. The predicted octanol–water partition coefficient (Wildman–Crippen LogP) is 3.71. The van der Waals surface area contributed by atoms with E-state index in [2.05, 4.69) is 48.4 Å². The second kappa shape index (κ2) is 4.78. The zero-order valence-electron chi connectivity index (χ0n) is 11.0. The molecular weight excluding hydrogens is 256 g/mol. The molecule has 3 rings (SSSR count). The highest BCUT2D eigenvalue weighted by Crippen LogP contribution is 2.38. The molecule has 0 unspecified atom stereocenters. The molecule has 1 aliphatic carbocycles. The summed E-state index contributed by atoms with van der Waals surface area (Å²) in [6, 6.07) is 8.25. The van der Waals surface area contributed by atoms with E-state index in [1.165, 1.54) is 16.9 Å². The molecule has 1 N–H and O–H groups in total. The summed E-state index contributed by atoms with van der Waals surface area (Å²) < 4.78 is 0. The van der Waals surface area contributed by atoms with E-state index in [1.807, 2.05) is 5.38 Å². The van der Waals surface area contributed by atoms with Crippen LogP contribution >= 0.6 is 11.3 Å². The molecule has 0 bridgehead atoms. The van der Waals surface area contributed by atoms with Crippen LogP contribution in [0, 0.1) is 18.8 Å². The minimum absolute atomic E-state index is 0.109. The lowest BCUT2D eigenvalue weighted by Gasteiger charge is -1.99. The Bertz CT molecular complexity index is 603. The summed E-state index contributed by atoms with van der Waals surface area (Å²) in [7, 11) is 0. The summed E-state index contributed by atoms with van der Waals surface area (Å²) in [5, 5.41) is 5.58. The van der Waals surface area contributed by atoms with Crippen molar-refractivity contribution < 1.29 is 4.79 Å². The molecule has 0 saturated heterocycles. The van der Waals surface area contributed by atoms with Crippen molar-refractivity contribution >= 4 is 22.4 Å². The van der Waals surface area contributed by atoms with Gasteiger partial charge >= 0.3 is 0 Å². The first-order chi connectivity index (χ1) is 9.13. The number of benzene rings is 1. The highest BCUT2D eigenvalue weighted by atomic mass is 32.1. The summed E-state index contributed by atoms with van der Waals surface area (Å²) in [6.45, 7) is 4.16. The molecule has 1 amide bonds. The summed E-state index contributed by atoms with van der Waals surface area (Å²) in [5.41, 5.74) is 3.24. The van der Waals surface area contributed by atoms with Gasteiger partial charge in [0.25, 0.3) is 0 Å². The van der Waals surface area contributed by atoms with Gasteiger partial charge in [-0.3, -0.25) is 4.79 Å². The molecule has 1 aliphatic rings. The third-order valence-electron chi connectivity index (χ3n) is 3.53. The fraction of sp³-hybridized carbons (Fsp3) is 0.333. The van der Waals surface area contributed by atoms with Crippen molar-refractivity contribution in [2.75, 3.05) is 5.32 Å². The number of carbonyl (C=O) groups excluding carboxylic acids is 1. The molecule has 1 saturated carbocycles. The SMILES string of the molecule is Cc1ccc(-c2csc(NC(=O)[C@@H]3C[C@H]3C)n2)cc1. The fourth-order valence-corrected chi connectivity index (χ4v) is 2.80. The number of rotatable bonds is 3. The molecule has 4 heteroatoms. The Labute approximate surface area is 116 Å². The van der Waals surface area contributed by atoms with Crippen LogP contribution in [0.3, 0.4) is 0 Å². The first kappa shape index (κ1) is 12.4. The van der Waals surface area contributed by atoms with Crippen molar-refractivity contribution in [3.8, 4) is 11.3 Å². The molecule has 98 valence electrons. The normalized spacial score (nSPS) is 21.2. The number of hydrogen-bond acceptors (Lipinski definition) is 3. The van der Waals surface area contributed by atoms with E-state index in [0.717, 1.165) is 17.7 Å². The van der Waals surface area contributed by atoms with Crippen molar-refractivity contribution in [1.29, 1.82) is 0 Å². The summed E-state index contributed by atoms with van der Waals surface area (Å²) >= 11 is 1.48. The van der Waals surface area contributed by atoms with Crippen molar-refractivity contribution in [3.63, 3.8) is 0 Å². The van der Waals surface area contributed by atoms with Crippen LogP contribution in [0.5, 0.6) is 0 Å². The van der Waals surface area contributed by atoms with Gasteiger partial charge in [-0.1, -0.05) is 36.8 Å². The standard InChI is InChI=1S/C15H16N2OS/c1-9-3-5-11(6-4-9)13-8-19-15(16-13)17-14(18)12-7-10(12)2/h3-6,8,10,12H,7H2,1-2H3,(H,16,17,18)/t10-,12-/m1/s1. The minimum Gasteiger partial charge on any atom is -0.302 e. The van der Waals surface area contributed by atoms with Crippen LogP contribution in [0.1, 0.15) is 18.9 Å². The summed E-state index contributed by atoms with van der Waals surface area (Å²) in [4.78, 5) is 16.3. The van der Waals surface area contributed by atoms with Gasteiger partial charge in [0.05, 0.1) is 5.69 Å². The Kier molecular flexibility index (Phi) is 3.11. The van der Waals surface area contributed by atoms with Gasteiger partial charge in [0, 0.05) is 16.9 Å². The quantitative estimate of drug-likeness (QED) is 0.925. The number of nitrogens with one attached hydrogen (secondary N) is 1.